The molecule has 0 saturated heterocycles. The second kappa shape index (κ2) is 9.81. The van der Waals surface area contributed by atoms with Gasteiger partial charge < -0.3 is 24.7 Å². The van der Waals surface area contributed by atoms with Gasteiger partial charge in [0.05, 0.1) is 31.3 Å². The third kappa shape index (κ3) is 4.46. The largest absolute Gasteiger partial charge is 0.493 e. The lowest BCUT2D eigenvalue weighted by Crippen LogP contribution is -2.25. The average molecular weight is 386 g/mol. The monoisotopic (exact) mass is 386 g/mol. The predicted molar refractivity (Wildman–Crippen MR) is 103 cm³/mol. The Bertz CT molecular complexity index is 836. The van der Waals surface area contributed by atoms with Gasteiger partial charge in [-0.15, -0.1) is 0 Å². The maximum absolute atomic E-state index is 12.6. The highest BCUT2D eigenvalue weighted by Gasteiger charge is 2.36. The fraction of sp³-hybridized carbons (Fsp3) is 0.429. The van der Waals surface area contributed by atoms with Gasteiger partial charge in [0.2, 0.25) is 5.88 Å². The first kappa shape index (κ1) is 21.3. The van der Waals surface area contributed by atoms with Gasteiger partial charge in [-0.05, 0) is 38.0 Å². The Morgan fingerprint density at radius 2 is 2.11 bits per heavy atom. The molecular formula is C21H26N2O5. The van der Waals surface area contributed by atoms with Crippen molar-refractivity contribution in [2.75, 3.05) is 20.3 Å². The summed E-state index contributed by atoms with van der Waals surface area (Å²) >= 11 is 0. The normalized spacial score (nSPS) is 16.5. The molecule has 1 atom stereocenters. The summed E-state index contributed by atoms with van der Waals surface area (Å²) in [5, 5.41) is 9.66. The van der Waals surface area contributed by atoms with Gasteiger partial charge >= 0.3 is 5.97 Å². The topological polar surface area (TPSA) is 104 Å². The number of carbonyl (C=O) groups is 1. The number of carbonyl (C=O) groups excluding carboxylic acids is 1. The molecule has 1 unspecified atom stereocenters. The Morgan fingerprint density at radius 3 is 2.71 bits per heavy atom. The molecule has 1 aromatic carbocycles. The average Bonchev–Trinajstić information content (AvgIpc) is 2.66. The van der Waals surface area contributed by atoms with E-state index in [0.717, 1.165) is 12.0 Å². The maximum atomic E-state index is 12.6. The number of ether oxygens (including phenoxy) is 4. The predicted octanol–water partition coefficient (Wildman–Crippen LogP) is 3.27. The van der Waals surface area contributed by atoms with Crippen LogP contribution in [0.15, 0.2) is 41.0 Å². The van der Waals surface area contributed by atoms with Crippen LogP contribution in [-0.4, -0.2) is 26.3 Å². The number of hydrogen-bond donors (Lipinski definition) is 1. The SMILES string of the molecule is CCCOc1ccc(C2C(C#N)=C(N)OC(C)=C2C(=O)OCC)cc1COC. The van der Waals surface area contributed by atoms with E-state index in [0.29, 0.717) is 30.3 Å². The molecule has 0 spiro atoms. The summed E-state index contributed by atoms with van der Waals surface area (Å²) in [7, 11) is 1.59. The summed E-state index contributed by atoms with van der Waals surface area (Å²) in [5.41, 5.74) is 7.89. The molecule has 7 nitrogen and oxygen atoms in total. The molecule has 0 aromatic heterocycles. The standard InChI is InChI=1S/C21H26N2O5/c1-5-9-27-17-8-7-14(10-15(17)12-25-4)19-16(11-22)20(23)28-13(3)18(19)21(24)26-6-2/h7-8,10,19H,5-6,9,12,23H2,1-4H3. The summed E-state index contributed by atoms with van der Waals surface area (Å²) in [6.45, 7) is 6.50. The van der Waals surface area contributed by atoms with Crippen LogP contribution in [0.25, 0.3) is 0 Å². The zero-order chi connectivity index (χ0) is 20.7. The Balaban J connectivity index is 2.58. The molecule has 0 bridgehead atoms. The number of rotatable bonds is 8. The molecule has 2 N–H and O–H groups in total. The van der Waals surface area contributed by atoms with Crippen molar-refractivity contribution in [3.05, 3.63) is 52.1 Å². The van der Waals surface area contributed by atoms with Crippen LogP contribution < -0.4 is 10.5 Å². The van der Waals surface area contributed by atoms with Crippen molar-refractivity contribution >= 4 is 5.97 Å². The Hall–Kier alpha value is -2.98. The van der Waals surface area contributed by atoms with E-state index in [-0.39, 0.29) is 23.6 Å². The second-order valence-electron chi connectivity index (χ2n) is 6.26. The zero-order valence-corrected chi connectivity index (χ0v) is 16.7. The smallest absolute Gasteiger partial charge is 0.338 e. The van der Waals surface area contributed by atoms with E-state index in [1.807, 2.05) is 25.1 Å². The number of nitriles is 1. The minimum absolute atomic E-state index is 0.0161. The number of hydrogen-bond acceptors (Lipinski definition) is 7. The first-order valence-corrected chi connectivity index (χ1v) is 9.18. The number of esters is 1. The van der Waals surface area contributed by atoms with Crippen molar-refractivity contribution in [3.63, 3.8) is 0 Å². The number of nitrogens with zero attached hydrogens (tertiary/aromatic N) is 1. The van der Waals surface area contributed by atoms with Crippen LogP contribution in [0.2, 0.25) is 0 Å². The second-order valence-corrected chi connectivity index (χ2v) is 6.26. The molecule has 0 fully saturated rings. The highest BCUT2D eigenvalue weighted by atomic mass is 16.5. The number of allylic oxidation sites excluding steroid dienone is 2. The number of benzene rings is 1. The van der Waals surface area contributed by atoms with E-state index in [4.69, 9.17) is 24.7 Å². The molecule has 7 heteroatoms. The zero-order valence-electron chi connectivity index (χ0n) is 16.7. The third-order valence-electron chi connectivity index (χ3n) is 4.28. The molecule has 0 aliphatic carbocycles. The van der Waals surface area contributed by atoms with Gasteiger partial charge in [-0.1, -0.05) is 13.0 Å². The van der Waals surface area contributed by atoms with Gasteiger partial charge in [0.15, 0.2) is 0 Å². The van der Waals surface area contributed by atoms with Crippen LogP contribution >= 0.6 is 0 Å². The third-order valence-corrected chi connectivity index (χ3v) is 4.28. The molecule has 0 radical (unpaired) electrons. The van der Waals surface area contributed by atoms with Crippen LogP contribution in [-0.2, 0) is 25.6 Å². The van der Waals surface area contributed by atoms with Crippen molar-refractivity contribution in [2.45, 2.75) is 39.7 Å². The molecule has 0 amide bonds. The summed E-state index contributed by atoms with van der Waals surface area (Å²) < 4.78 is 21.7. The molecule has 0 saturated carbocycles. The van der Waals surface area contributed by atoms with Crippen molar-refractivity contribution in [1.29, 1.82) is 5.26 Å². The molecule has 2 rings (SSSR count). The number of methoxy groups -OCH3 is 1. The van der Waals surface area contributed by atoms with Gasteiger partial charge in [0.1, 0.15) is 23.2 Å². The van der Waals surface area contributed by atoms with Gasteiger partial charge in [0.25, 0.3) is 0 Å². The van der Waals surface area contributed by atoms with E-state index in [1.54, 1.807) is 21.0 Å². The first-order chi connectivity index (χ1) is 13.5. The van der Waals surface area contributed by atoms with Crippen LogP contribution in [0.5, 0.6) is 5.75 Å². The molecule has 1 aliphatic heterocycles. The minimum atomic E-state index is -0.686. The van der Waals surface area contributed by atoms with Crippen LogP contribution in [0.4, 0.5) is 0 Å². The fourth-order valence-electron chi connectivity index (χ4n) is 3.09. The Morgan fingerprint density at radius 1 is 1.36 bits per heavy atom. The van der Waals surface area contributed by atoms with E-state index in [2.05, 4.69) is 6.07 Å². The van der Waals surface area contributed by atoms with Crippen LogP contribution in [0, 0.1) is 11.3 Å². The van der Waals surface area contributed by atoms with Crippen molar-refractivity contribution in [1.82, 2.24) is 0 Å². The van der Waals surface area contributed by atoms with Crippen LogP contribution in [0.3, 0.4) is 0 Å². The van der Waals surface area contributed by atoms with E-state index < -0.39 is 11.9 Å². The highest BCUT2D eigenvalue weighted by molar-refractivity contribution is 5.92. The summed E-state index contributed by atoms with van der Waals surface area (Å²) in [5.74, 6) is -0.218. The van der Waals surface area contributed by atoms with Crippen molar-refractivity contribution in [3.8, 4) is 11.8 Å². The molecule has 28 heavy (non-hydrogen) atoms. The van der Waals surface area contributed by atoms with Crippen molar-refractivity contribution in [2.24, 2.45) is 5.73 Å². The Kier molecular flexibility index (Phi) is 7.47. The molecule has 1 aliphatic rings. The lowest BCUT2D eigenvalue weighted by molar-refractivity contribution is -0.139. The van der Waals surface area contributed by atoms with Crippen molar-refractivity contribution < 1.29 is 23.7 Å². The van der Waals surface area contributed by atoms with Gasteiger partial charge in [-0.3, -0.25) is 0 Å². The van der Waals surface area contributed by atoms with E-state index in [9.17, 15) is 10.1 Å². The van der Waals surface area contributed by atoms with Gasteiger partial charge in [0, 0.05) is 12.7 Å². The maximum Gasteiger partial charge on any atom is 0.338 e. The molecule has 150 valence electrons. The highest BCUT2D eigenvalue weighted by Crippen LogP contribution is 2.40. The quantitative estimate of drug-likeness (QED) is 0.684. The Labute approximate surface area is 165 Å². The van der Waals surface area contributed by atoms with Gasteiger partial charge in [-0.2, -0.15) is 5.26 Å². The van der Waals surface area contributed by atoms with E-state index in [1.165, 1.54) is 0 Å². The summed E-state index contributed by atoms with van der Waals surface area (Å²) in [6, 6.07) is 7.57. The van der Waals surface area contributed by atoms with Gasteiger partial charge in [-0.25, -0.2) is 4.79 Å². The minimum Gasteiger partial charge on any atom is -0.493 e. The first-order valence-electron chi connectivity index (χ1n) is 9.18. The lowest BCUT2D eigenvalue weighted by Gasteiger charge is -2.27. The molecule has 1 heterocycles. The van der Waals surface area contributed by atoms with Crippen LogP contribution in [0.1, 0.15) is 44.2 Å². The molecule has 1 aromatic rings. The summed E-state index contributed by atoms with van der Waals surface area (Å²) in [6.07, 6.45) is 0.876. The summed E-state index contributed by atoms with van der Waals surface area (Å²) in [4.78, 5) is 12.6. The number of nitrogens with two attached hydrogens (primary N) is 1. The lowest BCUT2D eigenvalue weighted by atomic mass is 9.82. The van der Waals surface area contributed by atoms with E-state index >= 15 is 0 Å². The fourth-order valence-corrected chi connectivity index (χ4v) is 3.09. The molecular weight excluding hydrogens is 360 g/mol.